The van der Waals surface area contributed by atoms with E-state index in [4.69, 9.17) is 4.74 Å². The smallest absolute Gasteiger partial charge is 0.330 e. The molecule has 0 saturated carbocycles. The molecule has 1 atom stereocenters. The Morgan fingerprint density at radius 1 is 1.05 bits per heavy atom. The first kappa shape index (κ1) is 27.7. The van der Waals surface area contributed by atoms with E-state index in [1.165, 1.54) is 31.4 Å². The van der Waals surface area contributed by atoms with E-state index >= 15 is 0 Å². The van der Waals surface area contributed by atoms with Crippen LogP contribution in [-0.2, 0) is 19.6 Å². The van der Waals surface area contributed by atoms with E-state index in [2.05, 4.69) is 14.8 Å². The molecule has 10 heteroatoms. The number of methoxy groups -OCH3 is 1. The quantitative estimate of drug-likeness (QED) is 0.122. The second kappa shape index (κ2) is 12.9. The highest BCUT2D eigenvalue weighted by Crippen LogP contribution is 2.28. The molecule has 0 aliphatic rings. The lowest BCUT2D eigenvalue weighted by Crippen LogP contribution is -2.26. The van der Waals surface area contributed by atoms with Gasteiger partial charge in [-0.3, -0.25) is 4.72 Å². The molecular weight excluding hydrogens is 496 g/mol. The largest absolute Gasteiger partial charge is 0.506 e. The molecule has 0 amide bonds. The first-order chi connectivity index (χ1) is 17.6. The Hall–Kier alpha value is -3.86. The molecule has 3 rings (SSSR count). The normalized spacial score (nSPS) is 12.3. The number of aliphatic hydroxyl groups excluding tert-OH is 1. The number of hydrogen-bond donors (Lipinski definition) is 4. The molecule has 37 heavy (non-hydrogen) atoms. The summed E-state index contributed by atoms with van der Waals surface area (Å²) in [5.41, 5.74) is 3.35. The molecule has 4 N–H and O–H groups in total. The van der Waals surface area contributed by atoms with Gasteiger partial charge in [0.15, 0.2) is 0 Å². The SMILES string of the molecule is COC(=O)/C=C/c1cccc(-c2ccc(OCCNC[C@H](O)c3ccc(O)c(NS(C)(=O)=O)c3)cc2)c1. The molecular formula is C27H30N2O7S. The van der Waals surface area contributed by atoms with Crippen molar-refractivity contribution in [2.24, 2.45) is 0 Å². The van der Waals surface area contributed by atoms with Gasteiger partial charge in [0.2, 0.25) is 10.0 Å². The minimum Gasteiger partial charge on any atom is -0.506 e. The minimum absolute atomic E-state index is 0.00946. The standard InChI is InChI=1S/C27H30N2O7S/c1-35-27(32)13-6-19-4-3-5-21(16-19)20-7-10-23(11-8-20)36-15-14-28-18-26(31)22-9-12-25(30)24(17-22)29-37(2,33)34/h3-13,16-17,26,28-31H,14-15,18H2,1-2H3/b13-6+/t26-/m0/s1. The lowest BCUT2D eigenvalue weighted by molar-refractivity contribution is -0.134. The van der Waals surface area contributed by atoms with E-state index in [1.807, 2.05) is 48.5 Å². The number of carbonyl (C=O) groups is 1. The van der Waals surface area contributed by atoms with Gasteiger partial charge in [0, 0.05) is 19.2 Å². The van der Waals surface area contributed by atoms with Crippen LogP contribution < -0.4 is 14.8 Å². The maximum Gasteiger partial charge on any atom is 0.330 e. The Morgan fingerprint density at radius 2 is 1.81 bits per heavy atom. The summed E-state index contributed by atoms with van der Waals surface area (Å²) in [6.45, 7) is 1.06. The molecule has 0 aliphatic carbocycles. The van der Waals surface area contributed by atoms with Crippen LogP contribution in [0.25, 0.3) is 17.2 Å². The summed E-state index contributed by atoms with van der Waals surface area (Å²) in [7, 11) is -2.23. The zero-order valence-electron chi connectivity index (χ0n) is 20.5. The van der Waals surface area contributed by atoms with Crippen LogP contribution in [0.4, 0.5) is 5.69 Å². The molecule has 3 aromatic carbocycles. The summed E-state index contributed by atoms with van der Waals surface area (Å²) in [5.74, 6) is 0.0621. The number of rotatable bonds is 12. The molecule has 0 saturated heterocycles. The number of sulfonamides is 1. The van der Waals surface area contributed by atoms with Gasteiger partial charge in [-0.2, -0.15) is 0 Å². The van der Waals surface area contributed by atoms with Crippen LogP contribution in [0, 0.1) is 0 Å². The van der Waals surface area contributed by atoms with Crippen LogP contribution in [0.15, 0.2) is 72.8 Å². The van der Waals surface area contributed by atoms with Gasteiger partial charge in [-0.1, -0.05) is 36.4 Å². The van der Waals surface area contributed by atoms with Crippen LogP contribution in [0.3, 0.4) is 0 Å². The summed E-state index contributed by atoms with van der Waals surface area (Å²) in [5, 5.41) is 23.3. The maximum absolute atomic E-state index is 11.4. The zero-order chi connectivity index (χ0) is 26.8. The minimum atomic E-state index is -3.56. The van der Waals surface area contributed by atoms with Gasteiger partial charge in [-0.05, 0) is 58.7 Å². The molecule has 196 valence electrons. The maximum atomic E-state index is 11.4. The highest BCUT2D eigenvalue weighted by molar-refractivity contribution is 7.92. The predicted octanol–water partition coefficient (Wildman–Crippen LogP) is 3.32. The summed E-state index contributed by atoms with van der Waals surface area (Å²) < 4.78 is 35.4. The average molecular weight is 527 g/mol. The Morgan fingerprint density at radius 3 is 2.51 bits per heavy atom. The van der Waals surface area contributed by atoms with Gasteiger partial charge in [-0.15, -0.1) is 0 Å². The zero-order valence-corrected chi connectivity index (χ0v) is 21.4. The highest BCUT2D eigenvalue weighted by Gasteiger charge is 2.13. The van der Waals surface area contributed by atoms with Crippen molar-refractivity contribution in [1.82, 2.24) is 5.32 Å². The van der Waals surface area contributed by atoms with Gasteiger partial charge in [-0.25, -0.2) is 13.2 Å². The van der Waals surface area contributed by atoms with Crippen LogP contribution in [0.1, 0.15) is 17.2 Å². The molecule has 0 bridgehead atoms. The number of phenolic OH excluding ortho intramolecular Hbond substituents is 1. The lowest BCUT2D eigenvalue weighted by atomic mass is 10.0. The van der Waals surface area contributed by atoms with Crippen molar-refractivity contribution in [3.05, 3.63) is 83.9 Å². The van der Waals surface area contributed by atoms with Crippen molar-refractivity contribution in [3.63, 3.8) is 0 Å². The molecule has 0 radical (unpaired) electrons. The fourth-order valence-corrected chi connectivity index (χ4v) is 4.00. The third-order valence-corrected chi connectivity index (χ3v) is 5.86. The van der Waals surface area contributed by atoms with Crippen LogP contribution in [0.2, 0.25) is 0 Å². The average Bonchev–Trinajstić information content (AvgIpc) is 2.88. The molecule has 0 unspecified atom stereocenters. The van der Waals surface area contributed by atoms with E-state index in [0.29, 0.717) is 24.5 Å². The predicted molar refractivity (Wildman–Crippen MR) is 143 cm³/mol. The van der Waals surface area contributed by atoms with Crippen molar-refractivity contribution >= 4 is 27.8 Å². The van der Waals surface area contributed by atoms with E-state index in [-0.39, 0.29) is 18.0 Å². The number of nitrogens with one attached hydrogen (secondary N) is 2. The summed E-state index contributed by atoms with van der Waals surface area (Å²) in [4.78, 5) is 11.3. The number of anilines is 1. The van der Waals surface area contributed by atoms with E-state index in [0.717, 1.165) is 22.9 Å². The Labute approximate surface area is 216 Å². The van der Waals surface area contributed by atoms with Crippen molar-refractivity contribution in [2.75, 3.05) is 37.8 Å². The first-order valence-corrected chi connectivity index (χ1v) is 13.3. The summed E-state index contributed by atoms with van der Waals surface area (Å²) in [6, 6.07) is 19.6. The highest BCUT2D eigenvalue weighted by atomic mass is 32.2. The molecule has 0 fully saturated rings. The Bertz CT molecular complexity index is 1340. The molecule has 0 aromatic heterocycles. The number of hydrogen-bond acceptors (Lipinski definition) is 8. The van der Waals surface area contributed by atoms with Gasteiger partial charge in [0.05, 0.1) is 25.2 Å². The van der Waals surface area contributed by atoms with Crippen molar-refractivity contribution in [1.29, 1.82) is 0 Å². The van der Waals surface area contributed by atoms with Gasteiger partial charge >= 0.3 is 5.97 Å². The Kier molecular flexibility index (Phi) is 9.67. The monoisotopic (exact) mass is 526 g/mol. The third kappa shape index (κ3) is 8.94. The topological polar surface area (TPSA) is 134 Å². The number of benzene rings is 3. The van der Waals surface area contributed by atoms with Gasteiger partial charge < -0.3 is 25.0 Å². The van der Waals surface area contributed by atoms with E-state index in [1.54, 1.807) is 6.08 Å². The first-order valence-electron chi connectivity index (χ1n) is 11.4. The van der Waals surface area contributed by atoms with Crippen molar-refractivity contribution in [2.45, 2.75) is 6.10 Å². The second-order valence-electron chi connectivity index (χ2n) is 8.23. The van der Waals surface area contributed by atoms with Crippen molar-refractivity contribution in [3.8, 4) is 22.6 Å². The number of phenols is 1. The molecule has 3 aromatic rings. The van der Waals surface area contributed by atoms with Crippen LogP contribution in [0.5, 0.6) is 11.5 Å². The van der Waals surface area contributed by atoms with Crippen LogP contribution >= 0.6 is 0 Å². The molecule has 0 heterocycles. The van der Waals surface area contributed by atoms with E-state index in [9.17, 15) is 23.4 Å². The lowest BCUT2D eigenvalue weighted by Gasteiger charge is -2.15. The van der Waals surface area contributed by atoms with Gasteiger partial charge in [0.1, 0.15) is 18.1 Å². The number of esters is 1. The van der Waals surface area contributed by atoms with Crippen LogP contribution in [-0.4, -0.2) is 57.7 Å². The summed E-state index contributed by atoms with van der Waals surface area (Å²) in [6.07, 6.45) is 3.15. The van der Waals surface area contributed by atoms with E-state index < -0.39 is 22.1 Å². The number of aromatic hydroxyl groups is 1. The third-order valence-electron chi connectivity index (χ3n) is 5.27. The van der Waals surface area contributed by atoms with Gasteiger partial charge in [0.25, 0.3) is 0 Å². The molecule has 0 spiro atoms. The molecule has 9 nitrogen and oxygen atoms in total. The number of aliphatic hydroxyl groups is 1. The number of ether oxygens (including phenoxy) is 2. The number of carbonyl (C=O) groups excluding carboxylic acids is 1. The molecule has 0 aliphatic heterocycles. The van der Waals surface area contributed by atoms with Crippen molar-refractivity contribution < 1.29 is 32.9 Å². The summed E-state index contributed by atoms with van der Waals surface area (Å²) >= 11 is 0. The Balaban J connectivity index is 1.47. The fourth-order valence-electron chi connectivity index (χ4n) is 3.44. The fraction of sp³-hybridized carbons (Fsp3) is 0.222. The second-order valence-corrected chi connectivity index (χ2v) is 9.97.